The first-order valence-corrected chi connectivity index (χ1v) is 16.4. The van der Waals surface area contributed by atoms with Gasteiger partial charge in [0.2, 0.25) is 0 Å². The molecule has 2 aromatic heterocycles. The number of fused-ring (bicyclic) bond motifs is 7. The summed E-state index contributed by atoms with van der Waals surface area (Å²) in [6, 6.07) is 31.0. The van der Waals surface area contributed by atoms with E-state index in [1.165, 1.54) is 14.2 Å². The maximum Gasteiger partial charge on any atom is 0.337 e. The lowest BCUT2D eigenvalue weighted by Crippen LogP contribution is -2.26. The van der Waals surface area contributed by atoms with Gasteiger partial charge in [-0.25, -0.2) is 14.6 Å². The number of nitrogens with zero attached hydrogens (tertiary/aromatic N) is 1. The fourth-order valence-corrected chi connectivity index (χ4v) is 6.86. The largest absolute Gasteiger partial charge is 0.465 e. The van der Waals surface area contributed by atoms with Crippen molar-refractivity contribution in [2.45, 2.75) is 38.5 Å². The monoisotopic (exact) mass is 663 g/mol. The Bertz CT molecular complexity index is 2380. The Morgan fingerprint density at radius 1 is 0.640 bits per heavy atom. The molecule has 4 heterocycles. The van der Waals surface area contributed by atoms with Crippen molar-refractivity contribution in [3.63, 3.8) is 0 Å². The van der Waals surface area contributed by atoms with Gasteiger partial charge in [-0.05, 0) is 76.9 Å². The summed E-state index contributed by atoms with van der Waals surface area (Å²) in [4.78, 5) is 50.3. The summed E-state index contributed by atoms with van der Waals surface area (Å²) in [5.74, 6) is -1.14. The highest BCUT2D eigenvalue weighted by Gasteiger charge is 2.36. The molecule has 2 aliphatic heterocycles. The zero-order chi connectivity index (χ0) is 35.4. The molecule has 7 rings (SSSR count). The second-order valence-electron chi connectivity index (χ2n) is 13.7. The lowest BCUT2D eigenvalue weighted by Gasteiger charge is -2.30. The predicted molar refractivity (Wildman–Crippen MR) is 193 cm³/mol. The molecule has 250 valence electrons. The molecule has 0 aliphatic carbocycles. The van der Waals surface area contributed by atoms with Crippen LogP contribution in [0.15, 0.2) is 114 Å². The number of methoxy groups -OCH3 is 2. The van der Waals surface area contributed by atoms with Gasteiger partial charge in [0.05, 0.1) is 31.1 Å². The van der Waals surface area contributed by atoms with Crippen molar-refractivity contribution in [2.24, 2.45) is 4.99 Å². The molecule has 0 radical (unpaired) electrons. The summed E-state index contributed by atoms with van der Waals surface area (Å²) in [6.45, 7) is 8.48. The van der Waals surface area contributed by atoms with Crippen molar-refractivity contribution < 1.29 is 23.9 Å². The van der Waals surface area contributed by atoms with E-state index in [1.807, 2.05) is 48.5 Å². The first kappa shape index (κ1) is 32.5. The van der Waals surface area contributed by atoms with E-state index in [9.17, 15) is 14.4 Å². The summed E-state index contributed by atoms with van der Waals surface area (Å²) in [5, 5.41) is 1.54. The molecule has 2 aliphatic rings. The van der Waals surface area contributed by atoms with Gasteiger partial charge in [0.25, 0.3) is 5.91 Å². The van der Waals surface area contributed by atoms with Crippen LogP contribution in [-0.4, -0.2) is 47.7 Å². The van der Waals surface area contributed by atoms with Crippen LogP contribution >= 0.6 is 0 Å². The average molecular weight is 664 g/mol. The summed E-state index contributed by atoms with van der Waals surface area (Å²) in [6.07, 6.45) is 1.89. The summed E-state index contributed by atoms with van der Waals surface area (Å²) < 4.78 is 9.87. The number of allylic oxidation sites excluding steroid dienone is 1. The predicted octanol–water partition coefficient (Wildman–Crippen LogP) is 5.89. The number of rotatable bonds is 4. The zero-order valence-corrected chi connectivity index (χ0v) is 28.8. The number of benzene rings is 3. The molecule has 5 aromatic rings. The van der Waals surface area contributed by atoms with Crippen LogP contribution in [0.4, 0.5) is 0 Å². The molecule has 0 saturated carbocycles. The summed E-state index contributed by atoms with van der Waals surface area (Å²) in [7, 11) is 2.71. The summed E-state index contributed by atoms with van der Waals surface area (Å²) >= 11 is 0. The van der Waals surface area contributed by atoms with Gasteiger partial charge in [-0.2, -0.15) is 0 Å². The van der Waals surface area contributed by atoms with Gasteiger partial charge in [0.1, 0.15) is 0 Å². The number of nitrogens with one attached hydrogen (secondary N) is 2. The molecule has 50 heavy (non-hydrogen) atoms. The number of carbonyl (C=O) groups is 3. The molecule has 8 bridgehead atoms. The van der Waals surface area contributed by atoms with E-state index in [1.54, 1.807) is 24.3 Å². The minimum absolute atomic E-state index is 0.291. The number of hydrogen-bond acceptors (Lipinski definition) is 5. The lowest BCUT2D eigenvalue weighted by atomic mass is 9.74. The van der Waals surface area contributed by atoms with Crippen LogP contribution in [-0.2, 0) is 25.1 Å². The van der Waals surface area contributed by atoms with Gasteiger partial charge in [0.15, 0.2) is 0 Å². The number of hydrogen-bond donors (Lipinski definition) is 2. The Labute approximate surface area is 289 Å². The average Bonchev–Trinajstić information content (AvgIpc) is 3.90. The Balaban J connectivity index is 1.56. The van der Waals surface area contributed by atoms with Gasteiger partial charge in [-0.15, -0.1) is 0 Å². The van der Waals surface area contributed by atoms with Crippen LogP contribution in [0.1, 0.15) is 82.1 Å². The topological polar surface area (TPSA) is 114 Å². The Morgan fingerprint density at radius 2 is 1.18 bits per heavy atom. The molecule has 0 fully saturated rings. The first-order valence-electron chi connectivity index (χ1n) is 16.4. The minimum atomic E-state index is -0.648. The van der Waals surface area contributed by atoms with Crippen molar-refractivity contribution in [2.75, 3.05) is 14.2 Å². The van der Waals surface area contributed by atoms with Crippen LogP contribution < -0.4 is 10.7 Å². The molecule has 2 N–H and O–H groups in total. The van der Waals surface area contributed by atoms with Crippen LogP contribution in [0.3, 0.4) is 0 Å². The lowest BCUT2D eigenvalue weighted by molar-refractivity contribution is -0.114. The van der Waals surface area contributed by atoms with Crippen LogP contribution in [0.5, 0.6) is 0 Å². The van der Waals surface area contributed by atoms with Crippen LogP contribution in [0.25, 0.3) is 11.1 Å². The third-order valence-electron chi connectivity index (χ3n) is 10.0. The minimum Gasteiger partial charge on any atom is -0.465 e. The Hall–Kier alpha value is -6.02. The number of esters is 2. The molecular weight excluding hydrogens is 626 g/mol. The van der Waals surface area contributed by atoms with Gasteiger partial charge < -0.3 is 19.4 Å². The maximum absolute atomic E-state index is 13.8. The fraction of sp³-hybridized carbons (Fsp3) is 0.190. The SMILES string of the molecule is COC(=O)c1ccc(/C2=c3\cc/c([nH]3)=C(\c3ccc(C(=O)OC)cc3)c3ccc([nH]3)C(C)(C)c3cccc(c3)C(C)(C)C3=CC2=NC3=O)cc1. The maximum atomic E-state index is 13.8. The van der Waals surface area contributed by atoms with E-state index in [0.29, 0.717) is 28.0 Å². The number of aromatic amines is 2. The Kier molecular flexibility index (Phi) is 7.90. The number of H-pyrrole nitrogens is 2. The third kappa shape index (κ3) is 5.43. The van der Waals surface area contributed by atoms with Crippen LogP contribution in [0, 0.1) is 0 Å². The number of aliphatic imine (C=N–C) groups is 1. The smallest absolute Gasteiger partial charge is 0.337 e. The van der Waals surface area contributed by atoms with Crippen molar-refractivity contribution >= 4 is 34.7 Å². The van der Waals surface area contributed by atoms with Gasteiger partial charge in [-0.1, -0.05) is 76.2 Å². The van der Waals surface area contributed by atoms with E-state index in [0.717, 1.165) is 49.9 Å². The number of aromatic nitrogens is 2. The Morgan fingerprint density at radius 3 is 1.76 bits per heavy atom. The molecule has 0 spiro atoms. The number of carbonyl (C=O) groups excluding carboxylic acids is 3. The summed E-state index contributed by atoms with van der Waals surface area (Å²) in [5.41, 5.74) is 8.16. The van der Waals surface area contributed by atoms with E-state index in [-0.39, 0.29) is 5.91 Å². The molecule has 8 heteroatoms. The molecule has 0 saturated heterocycles. The fourth-order valence-electron chi connectivity index (χ4n) is 6.86. The van der Waals surface area contributed by atoms with Crippen molar-refractivity contribution in [1.29, 1.82) is 0 Å². The van der Waals surface area contributed by atoms with E-state index >= 15 is 0 Å². The molecular formula is C42H37N3O5. The van der Waals surface area contributed by atoms with Crippen molar-refractivity contribution in [3.05, 3.63) is 164 Å². The second kappa shape index (κ2) is 12.1. The van der Waals surface area contributed by atoms with Gasteiger partial charge >= 0.3 is 11.9 Å². The van der Waals surface area contributed by atoms with E-state index in [2.05, 4.69) is 73.0 Å². The molecule has 1 amide bonds. The molecule has 0 atom stereocenters. The zero-order valence-electron chi connectivity index (χ0n) is 28.8. The van der Waals surface area contributed by atoms with Crippen molar-refractivity contribution in [1.82, 2.24) is 9.97 Å². The normalized spacial score (nSPS) is 18.2. The molecule has 8 nitrogen and oxygen atoms in total. The molecule has 0 unspecified atom stereocenters. The first-order chi connectivity index (χ1) is 23.9. The van der Waals surface area contributed by atoms with E-state index < -0.39 is 22.8 Å². The highest BCUT2D eigenvalue weighted by molar-refractivity contribution is 6.36. The second-order valence-corrected chi connectivity index (χ2v) is 13.7. The standard InChI is InChI=1S/C42H37N3O5/c1-41(2)28-8-7-9-29(22-28)42(3,4)35-21-20-33(44-35)36(24-10-14-26(15-11-24)39(47)49-5)31-18-19-32(43-31)37(34-23-30(41)38(46)45-34)25-12-16-27(17-13-25)40(48)50-6/h7-23,43-44H,1-6H3/b36-31-,37-32-. The van der Waals surface area contributed by atoms with Gasteiger partial charge in [-0.3, -0.25) is 4.79 Å². The highest BCUT2D eigenvalue weighted by atomic mass is 16.5. The van der Waals surface area contributed by atoms with Gasteiger partial charge in [0, 0.05) is 49.6 Å². The quantitative estimate of drug-likeness (QED) is 0.233. The number of amides is 1. The van der Waals surface area contributed by atoms with Crippen molar-refractivity contribution in [3.8, 4) is 0 Å². The van der Waals surface area contributed by atoms with Crippen LogP contribution in [0.2, 0.25) is 0 Å². The van der Waals surface area contributed by atoms with E-state index in [4.69, 9.17) is 9.47 Å². The third-order valence-corrected chi connectivity index (χ3v) is 10.0. The highest BCUT2D eigenvalue weighted by Crippen LogP contribution is 2.39. The molecule has 3 aromatic carbocycles. The number of ether oxygens (including phenoxy) is 2.